The minimum absolute atomic E-state index is 0.0000518. The van der Waals surface area contributed by atoms with Gasteiger partial charge in [0.2, 0.25) is 11.8 Å². The summed E-state index contributed by atoms with van der Waals surface area (Å²) in [7, 11) is 1.58. The summed E-state index contributed by atoms with van der Waals surface area (Å²) < 4.78 is 23.9. The van der Waals surface area contributed by atoms with Gasteiger partial charge in [-0.15, -0.1) is 0 Å². The van der Waals surface area contributed by atoms with Gasteiger partial charge in [0.25, 0.3) is 0 Å². The SMILES string of the molecule is COCc1nc2cc(NC3CCN(c4ccc(F)c(Cl)c4)C3=O)ccc2o1. The van der Waals surface area contributed by atoms with E-state index in [1.807, 2.05) is 12.1 Å². The van der Waals surface area contributed by atoms with Crippen LogP contribution in [0.5, 0.6) is 0 Å². The summed E-state index contributed by atoms with van der Waals surface area (Å²) >= 11 is 5.83. The summed E-state index contributed by atoms with van der Waals surface area (Å²) in [6.45, 7) is 0.830. The number of anilines is 2. The lowest BCUT2D eigenvalue weighted by atomic mass is 10.2. The number of fused-ring (bicyclic) bond motifs is 1. The molecule has 1 unspecified atom stereocenters. The van der Waals surface area contributed by atoms with E-state index in [1.165, 1.54) is 12.1 Å². The minimum atomic E-state index is -0.504. The Morgan fingerprint density at radius 3 is 3.00 bits per heavy atom. The van der Waals surface area contributed by atoms with Crippen molar-refractivity contribution in [3.05, 3.63) is 53.1 Å². The van der Waals surface area contributed by atoms with Gasteiger partial charge in [-0.1, -0.05) is 11.6 Å². The van der Waals surface area contributed by atoms with Gasteiger partial charge in [-0.2, -0.15) is 0 Å². The molecule has 1 atom stereocenters. The van der Waals surface area contributed by atoms with Crippen molar-refractivity contribution in [2.75, 3.05) is 23.9 Å². The fourth-order valence-corrected chi connectivity index (χ4v) is 3.35. The number of benzene rings is 2. The lowest BCUT2D eigenvalue weighted by Crippen LogP contribution is -2.33. The van der Waals surface area contributed by atoms with Crippen LogP contribution in [0, 0.1) is 5.82 Å². The Bertz CT molecular complexity index is 1010. The molecule has 1 aliphatic heterocycles. The number of methoxy groups -OCH3 is 1. The van der Waals surface area contributed by atoms with Gasteiger partial charge < -0.3 is 19.4 Å². The maximum Gasteiger partial charge on any atom is 0.249 e. The van der Waals surface area contributed by atoms with Gasteiger partial charge in [-0.3, -0.25) is 4.79 Å². The van der Waals surface area contributed by atoms with Gasteiger partial charge in [0.1, 0.15) is 24.0 Å². The van der Waals surface area contributed by atoms with Crippen LogP contribution in [0.2, 0.25) is 5.02 Å². The van der Waals surface area contributed by atoms with Gasteiger partial charge in [0.15, 0.2) is 5.58 Å². The molecular formula is C19H17ClFN3O3. The predicted molar refractivity (Wildman–Crippen MR) is 101 cm³/mol. The zero-order chi connectivity index (χ0) is 19.0. The molecule has 1 N–H and O–H groups in total. The lowest BCUT2D eigenvalue weighted by molar-refractivity contribution is -0.117. The minimum Gasteiger partial charge on any atom is -0.438 e. The summed E-state index contributed by atoms with van der Waals surface area (Å²) in [6.07, 6.45) is 0.625. The zero-order valence-corrected chi connectivity index (χ0v) is 15.3. The van der Waals surface area contributed by atoms with Crippen LogP contribution in [0.15, 0.2) is 40.8 Å². The Labute approximate surface area is 159 Å². The van der Waals surface area contributed by atoms with E-state index < -0.39 is 5.82 Å². The van der Waals surface area contributed by atoms with Crippen molar-refractivity contribution in [3.63, 3.8) is 0 Å². The quantitative estimate of drug-likeness (QED) is 0.714. The first kappa shape index (κ1) is 17.8. The Balaban J connectivity index is 1.50. The molecule has 1 saturated heterocycles. The van der Waals surface area contributed by atoms with E-state index in [0.717, 1.165) is 5.69 Å². The van der Waals surface area contributed by atoms with Crippen molar-refractivity contribution in [1.82, 2.24) is 4.98 Å². The van der Waals surface area contributed by atoms with Gasteiger partial charge in [-0.25, -0.2) is 9.37 Å². The number of amides is 1. The number of halogens is 2. The second-order valence-electron chi connectivity index (χ2n) is 6.30. The van der Waals surface area contributed by atoms with E-state index in [2.05, 4.69) is 10.3 Å². The highest BCUT2D eigenvalue weighted by atomic mass is 35.5. The van der Waals surface area contributed by atoms with Crippen LogP contribution in [0.3, 0.4) is 0 Å². The topological polar surface area (TPSA) is 67.6 Å². The first-order valence-electron chi connectivity index (χ1n) is 8.46. The molecule has 4 rings (SSSR count). The third-order valence-electron chi connectivity index (χ3n) is 4.46. The first-order chi connectivity index (χ1) is 13.0. The summed E-state index contributed by atoms with van der Waals surface area (Å²) in [5.74, 6) is -0.0885. The average Bonchev–Trinajstić information content (AvgIpc) is 3.21. The molecule has 140 valence electrons. The van der Waals surface area contributed by atoms with Crippen molar-refractivity contribution in [3.8, 4) is 0 Å². The molecular weight excluding hydrogens is 373 g/mol. The van der Waals surface area contributed by atoms with Crippen LogP contribution in [-0.2, 0) is 16.1 Å². The van der Waals surface area contributed by atoms with Crippen molar-refractivity contribution in [1.29, 1.82) is 0 Å². The summed E-state index contributed by atoms with van der Waals surface area (Å²) in [6, 6.07) is 9.40. The number of hydrogen-bond donors (Lipinski definition) is 1. The van der Waals surface area contributed by atoms with Gasteiger partial charge in [0.05, 0.1) is 5.02 Å². The number of nitrogens with zero attached hydrogens (tertiary/aromatic N) is 2. The van der Waals surface area contributed by atoms with E-state index in [-0.39, 0.29) is 17.0 Å². The van der Waals surface area contributed by atoms with Crippen molar-refractivity contribution in [2.45, 2.75) is 19.1 Å². The Morgan fingerprint density at radius 2 is 2.22 bits per heavy atom. The molecule has 1 amide bonds. The molecule has 6 nitrogen and oxygen atoms in total. The molecule has 1 fully saturated rings. The molecule has 0 aliphatic carbocycles. The molecule has 0 radical (unpaired) electrons. The van der Waals surface area contributed by atoms with Crippen molar-refractivity contribution in [2.24, 2.45) is 0 Å². The van der Waals surface area contributed by atoms with E-state index in [1.54, 1.807) is 24.1 Å². The number of oxazole rings is 1. The fourth-order valence-electron chi connectivity index (χ4n) is 3.17. The maximum absolute atomic E-state index is 13.4. The van der Waals surface area contributed by atoms with Crippen LogP contribution in [0.25, 0.3) is 11.1 Å². The third-order valence-corrected chi connectivity index (χ3v) is 4.75. The highest BCUT2D eigenvalue weighted by molar-refractivity contribution is 6.31. The monoisotopic (exact) mass is 389 g/mol. The van der Waals surface area contributed by atoms with Crippen LogP contribution < -0.4 is 10.2 Å². The number of carbonyl (C=O) groups is 1. The fraction of sp³-hybridized carbons (Fsp3) is 0.263. The van der Waals surface area contributed by atoms with Crippen LogP contribution in [-0.4, -0.2) is 30.6 Å². The third kappa shape index (κ3) is 3.48. The standard InChI is InChI=1S/C19H17ClFN3O3/c1-26-10-18-23-16-8-11(2-5-17(16)27-18)22-15-6-7-24(19(15)25)12-3-4-14(21)13(20)9-12/h2-5,8-9,15,22H,6-7,10H2,1H3. The number of carbonyl (C=O) groups excluding carboxylic acids is 1. The zero-order valence-electron chi connectivity index (χ0n) is 14.5. The van der Waals surface area contributed by atoms with Gasteiger partial charge in [0, 0.05) is 25.0 Å². The van der Waals surface area contributed by atoms with Crippen LogP contribution >= 0.6 is 11.6 Å². The van der Waals surface area contributed by atoms with E-state index >= 15 is 0 Å². The highest BCUT2D eigenvalue weighted by Crippen LogP contribution is 2.28. The molecule has 27 heavy (non-hydrogen) atoms. The van der Waals surface area contributed by atoms with Crippen LogP contribution in [0.4, 0.5) is 15.8 Å². The van der Waals surface area contributed by atoms with Gasteiger partial charge in [-0.05, 0) is 42.8 Å². The molecule has 2 aromatic carbocycles. The molecule has 8 heteroatoms. The Kier molecular flexibility index (Phi) is 4.72. The van der Waals surface area contributed by atoms with E-state index in [9.17, 15) is 9.18 Å². The molecule has 0 saturated carbocycles. The summed E-state index contributed by atoms with van der Waals surface area (Å²) in [5, 5.41) is 3.24. The number of nitrogens with one attached hydrogen (secondary N) is 1. The predicted octanol–water partition coefficient (Wildman–Crippen LogP) is 3.98. The smallest absolute Gasteiger partial charge is 0.249 e. The number of aromatic nitrogens is 1. The average molecular weight is 390 g/mol. The first-order valence-corrected chi connectivity index (χ1v) is 8.84. The summed E-state index contributed by atoms with van der Waals surface area (Å²) in [4.78, 5) is 18.7. The highest BCUT2D eigenvalue weighted by Gasteiger charge is 2.32. The van der Waals surface area contributed by atoms with E-state index in [0.29, 0.717) is 42.3 Å². The molecule has 0 bridgehead atoms. The van der Waals surface area contributed by atoms with Crippen molar-refractivity contribution >= 4 is 40.0 Å². The second-order valence-corrected chi connectivity index (χ2v) is 6.70. The molecule has 3 aromatic rings. The molecule has 1 aliphatic rings. The van der Waals surface area contributed by atoms with Gasteiger partial charge >= 0.3 is 0 Å². The maximum atomic E-state index is 13.4. The Hall–Kier alpha value is -2.64. The summed E-state index contributed by atoms with van der Waals surface area (Å²) in [5.41, 5.74) is 2.72. The normalized spacial score (nSPS) is 17.1. The van der Waals surface area contributed by atoms with Crippen molar-refractivity contribution < 1.29 is 18.3 Å². The second kappa shape index (κ2) is 7.17. The lowest BCUT2D eigenvalue weighted by Gasteiger charge is -2.18. The number of hydrogen-bond acceptors (Lipinski definition) is 5. The molecule has 2 heterocycles. The molecule has 1 aromatic heterocycles. The Morgan fingerprint density at radius 1 is 1.37 bits per heavy atom. The number of ether oxygens (including phenoxy) is 1. The largest absolute Gasteiger partial charge is 0.438 e. The molecule has 0 spiro atoms. The number of rotatable bonds is 5. The van der Waals surface area contributed by atoms with E-state index in [4.69, 9.17) is 20.8 Å². The van der Waals surface area contributed by atoms with Crippen LogP contribution in [0.1, 0.15) is 12.3 Å².